The summed E-state index contributed by atoms with van der Waals surface area (Å²) in [6, 6.07) is 40.0. The first-order valence-electron chi connectivity index (χ1n) is 44.0. The van der Waals surface area contributed by atoms with Gasteiger partial charge in [0.05, 0.1) is 85.7 Å². The van der Waals surface area contributed by atoms with Crippen LogP contribution in [0.3, 0.4) is 0 Å². The van der Waals surface area contributed by atoms with E-state index >= 15 is 0 Å². The lowest BCUT2D eigenvalue weighted by Crippen LogP contribution is -2.41. The molecule has 20 rings (SSSR count). The molecule has 5 aliphatic rings. The molecule has 34 nitrogen and oxygen atoms in total. The fraction of sp³-hybridized carbons (Fsp3) is 0.277. The minimum atomic E-state index is -3.81. The number of halogens is 15. The van der Waals surface area contributed by atoms with Crippen LogP contribution in [0.4, 0.5) is 69.2 Å². The summed E-state index contributed by atoms with van der Waals surface area (Å²) in [4.78, 5) is 71.9. The number of ether oxygens (including phenoxy) is 7. The van der Waals surface area contributed by atoms with Crippen LogP contribution in [0.25, 0.3) is 44.4 Å². The molecule has 146 heavy (non-hydrogen) atoms. The van der Waals surface area contributed by atoms with Crippen LogP contribution in [0.15, 0.2) is 226 Å². The molecule has 0 spiro atoms. The number of nitrogens with zero attached hydrogens (tertiary/aromatic N) is 12. The maximum atomic E-state index is 13.0. The number of carbonyl (C=O) groups is 4. The van der Waals surface area contributed by atoms with Gasteiger partial charge in [0.1, 0.15) is 48.9 Å². The van der Waals surface area contributed by atoms with Gasteiger partial charge in [-0.1, -0.05) is 11.8 Å². The van der Waals surface area contributed by atoms with Gasteiger partial charge in [-0.3, -0.25) is 47.6 Å². The molecule has 8 aromatic carbocycles. The Hall–Kier alpha value is -12.3. The zero-order valence-electron chi connectivity index (χ0n) is 77.9. The number of aromatic nitrogens is 14. The quantitative estimate of drug-likeness (QED) is 0.0106. The number of thioether (sulfide) groups is 1. The SMILES string of the molecule is C1CCOC1.CC1(C)OB(c2ccn[nH]2)OC1(C)C.C[C@@H]1COc2nc3cc(C(=O)Nc4ccc(OC(F)(F)Cl)cc4)cc(-c4ccn[nH]4)c3n21.C[C@@H]1COc2nc3cc(C(=O)Nc4ccc(OC(F)(F)Cl)cc4)cc(Br)c3n21.C[C@@H]1CSc2nc3cc(C(=O)Nc4ccc(OC(F)(F)Cl)cc4)cc(Br)c3n21.C[C@H](CO)Nc1c(N)cc(C(=O)Nc2ccc(OC(F)(F)Cl)cc2)cc1Br.S=C(n1ccnc1)n1ccnc1. The number of alkyl halides is 12. The fourth-order valence-corrected chi connectivity index (χ4v) is 18.2. The van der Waals surface area contributed by atoms with Crippen molar-refractivity contribution < 1.29 is 102 Å². The molecule has 2 saturated heterocycles. The summed E-state index contributed by atoms with van der Waals surface area (Å²) in [6.07, 6.45) is 16.1. The van der Waals surface area contributed by atoms with E-state index in [9.17, 15) is 54.3 Å². The van der Waals surface area contributed by atoms with Crippen LogP contribution in [-0.2, 0) is 14.0 Å². The Morgan fingerprint density at radius 1 is 0.534 bits per heavy atom. The van der Waals surface area contributed by atoms with Gasteiger partial charge in [0.15, 0.2) is 10.3 Å². The maximum Gasteiger partial charge on any atom is 0.513 e. The molecular weight excluding hydrogens is 2240 g/mol. The number of hydrogen-bond donors (Lipinski definition) is 9. The summed E-state index contributed by atoms with van der Waals surface area (Å²) in [5.41, 5.74) is 1.18. The Kier molecular flexibility index (Phi) is 35.1. The zero-order chi connectivity index (χ0) is 105. The van der Waals surface area contributed by atoms with Crippen molar-refractivity contribution in [3.8, 4) is 46.3 Å². The standard InChI is InChI=1S/C21H16ClF2N5O3.C18H13BrClF2N3O3.C18H13BrClF2N3O2S.C17H17BrClF2N3O3.C9H15BN2O2.C7H6N4S.C4H8O/c1-11-10-31-20-27-17-9-12(8-15(18(17)29(11)20)16-6-7-25-28-16)19(30)26-13-2-4-14(5-3-13)32-21(22,23)24;1-9-8-27-17-24-14-7-10(6-13(19)15(14)25(9)17)16(26)23-11-2-4-12(5-3-11)28-18(20,21)22;1-9-8-28-17-24-14-7-10(6-13(19)15(14)25(9)17)16(26)23-11-2-4-12(5-3-11)27-18(20,21)22;1-9(8-25)23-15-13(18)6-10(7-14(15)22)16(26)24-11-2-4-12(5-3-11)27-17(19,20)21;1-8(2)9(3,4)14-10(13-8)7-5-6-11-12-7;12-7(10-3-1-8-5-10)11-4-2-9-6-11;1-2-4-5-3-1/h2-9,11H,10H2,1H3,(H,25,28)(H,26,30);2*2-7,9H,8H2,1H3,(H,23,26);2-7,9,23,25H,8,22H2,1H3,(H,24,26);5-6H,1-4H3,(H,11,12);1-6H;1-4H2/t11-;3*9-;;;/m1111.../s1. The maximum absolute atomic E-state index is 13.0. The smallest absolute Gasteiger partial charge is 0.462 e. The van der Waals surface area contributed by atoms with E-state index < -0.39 is 34.1 Å². The molecule has 7 aromatic heterocycles. The molecule has 5 aliphatic heterocycles. The highest BCUT2D eigenvalue weighted by molar-refractivity contribution is 9.11. The van der Waals surface area contributed by atoms with E-state index in [-0.39, 0.29) is 83.4 Å². The van der Waals surface area contributed by atoms with E-state index in [0.29, 0.717) is 103 Å². The van der Waals surface area contributed by atoms with Crippen LogP contribution in [0.1, 0.15) is 128 Å². The predicted octanol–water partition coefficient (Wildman–Crippen LogP) is 22.4. The molecule has 2 fully saturated rings. The average Bonchev–Trinajstić information content (AvgIpc) is 1.60. The molecule has 4 atom stereocenters. The Balaban J connectivity index is 0.000000140. The van der Waals surface area contributed by atoms with Crippen molar-refractivity contribution in [2.45, 2.75) is 131 Å². The number of nitrogens with two attached hydrogens (primary N) is 1. The van der Waals surface area contributed by atoms with Crippen LogP contribution < -0.4 is 66.3 Å². The average molecular weight is 2330 g/mol. The minimum Gasteiger partial charge on any atom is -0.462 e. The third kappa shape index (κ3) is 28.5. The van der Waals surface area contributed by atoms with Gasteiger partial charge < -0.3 is 84.5 Å². The third-order valence-corrected chi connectivity index (χ3v) is 25.9. The largest absolute Gasteiger partial charge is 0.513 e. The Morgan fingerprint density at radius 3 is 1.29 bits per heavy atom. The van der Waals surface area contributed by atoms with Crippen molar-refractivity contribution in [1.29, 1.82) is 0 Å². The molecule has 0 unspecified atom stereocenters. The van der Waals surface area contributed by atoms with Crippen LogP contribution in [-0.4, -0.2) is 187 Å². The molecule has 768 valence electrons. The molecular formula is C94H88BBr3Cl4F8N20O14S2. The summed E-state index contributed by atoms with van der Waals surface area (Å²) in [5.74, 6) is -1.09. The van der Waals surface area contributed by atoms with Crippen LogP contribution in [0.2, 0.25) is 0 Å². The first-order chi connectivity index (χ1) is 69.1. The van der Waals surface area contributed by atoms with Gasteiger partial charge >= 0.3 is 29.4 Å². The lowest BCUT2D eigenvalue weighted by molar-refractivity contribution is -0.0972. The molecule has 15 aromatic rings. The second kappa shape index (κ2) is 46.8. The van der Waals surface area contributed by atoms with Crippen LogP contribution >= 0.6 is 118 Å². The van der Waals surface area contributed by atoms with Crippen molar-refractivity contribution in [3.63, 3.8) is 0 Å². The number of fused-ring (bicyclic) bond motifs is 9. The highest BCUT2D eigenvalue weighted by atomic mass is 79.9. The summed E-state index contributed by atoms with van der Waals surface area (Å²) < 4.78 is 158. The number of nitrogens with one attached hydrogen (secondary N) is 7. The number of anilines is 6. The molecule has 10 N–H and O–H groups in total. The predicted molar refractivity (Wildman–Crippen MR) is 552 cm³/mol. The van der Waals surface area contributed by atoms with Gasteiger partial charge in [-0.2, -0.15) is 20.2 Å². The van der Waals surface area contributed by atoms with Gasteiger partial charge in [0, 0.05) is 179 Å². The lowest BCUT2D eigenvalue weighted by Gasteiger charge is -2.32. The Bertz CT molecular complexity index is 6850. The topological polar surface area (TPSA) is 404 Å². The molecule has 52 heteroatoms. The number of imidazole rings is 5. The zero-order valence-corrected chi connectivity index (χ0v) is 87.3. The highest BCUT2D eigenvalue weighted by Crippen LogP contribution is 2.44. The van der Waals surface area contributed by atoms with Gasteiger partial charge in [-0.15, -0.1) is 35.1 Å². The van der Waals surface area contributed by atoms with Crippen LogP contribution in [0, 0.1) is 0 Å². The highest BCUT2D eigenvalue weighted by Gasteiger charge is 2.52. The molecule has 0 aliphatic carbocycles. The van der Waals surface area contributed by atoms with E-state index in [2.05, 4.69) is 150 Å². The van der Waals surface area contributed by atoms with Gasteiger partial charge in [0.25, 0.3) is 35.6 Å². The first-order valence-corrected chi connectivity index (χ1v) is 49.3. The van der Waals surface area contributed by atoms with Gasteiger partial charge in [0.2, 0.25) is 0 Å². The number of thiocarbonyl (C=S) groups is 1. The fourth-order valence-electron chi connectivity index (χ4n) is 14.6. The van der Waals surface area contributed by atoms with Crippen molar-refractivity contribution in [1.82, 2.24) is 68.2 Å². The van der Waals surface area contributed by atoms with E-state index in [1.165, 1.54) is 116 Å². The lowest BCUT2D eigenvalue weighted by atomic mass is 9.85. The summed E-state index contributed by atoms with van der Waals surface area (Å²) >= 11 is 36.1. The third-order valence-electron chi connectivity index (χ3n) is 22.2. The number of H-pyrrole nitrogens is 2. The number of amides is 4. The molecule has 0 bridgehead atoms. The van der Waals surface area contributed by atoms with E-state index in [1.54, 1.807) is 120 Å². The first kappa shape index (κ1) is 109. The minimum absolute atomic E-state index is 0.0799. The monoisotopic (exact) mass is 2320 g/mol. The Labute approximate surface area is 881 Å². The van der Waals surface area contributed by atoms with Gasteiger partial charge in [-0.25, -0.2) is 15.0 Å². The van der Waals surface area contributed by atoms with Crippen LogP contribution in [0.5, 0.6) is 35.0 Å². The summed E-state index contributed by atoms with van der Waals surface area (Å²) in [7, 11) is -0.331. The molecule has 4 amide bonds. The van der Waals surface area contributed by atoms with E-state index in [1.807, 2.05) is 62.8 Å². The number of aromatic amines is 2. The normalized spacial score (nSPS) is 15.8. The Morgan fingerprint density at radius 2 is 0.918 bits per heavy atom. The number of benzene rings is 8. The van der Waals surface area contributed by atoms with Crippen molar-refractivity contribution in [2.24, 2.45) is 0 Å². The van der Waals surface area contributed by atoms with Crippen molar-refractivity contribution in [2.75, 3.05) is 71.1 Å². The number of nitrogen functional groups attached to an aromatic ring is 1. The molecule has 0 saturated carbocycles. The molecule has 0 radical (unpaired) electrons. The van der Waals surface area contributed by atoms with Gasteiger partial charge in [-0.05, 0) is 286 Å². The molecule has 12 heterocycles. The summed E-state index contributed by atoms with van der Waals surface area (Å²) in [6.45, 7) is 19.1. The van der Waals surface area contributed by atoms with E-state index in [0.717, 1.165) is 72.0 Å². The summed E-state index contributed by atoms with van der Waals surface area (Å²) in [5, 5.41) is 38.2. The second-order valence-corrected chi connectivity index (χ2v) is 39.4. The van der Waals surface area contributed by atoms with E-state index in [4.69, 9.17) is 93.0 Å². The number of carbonyl (C=O) groups excluding carboxylic acids is 4. The number of rotatable bonds is 21. The van der Waals surface area contributed by atoms with Crippen molar-refractivity contribution >= 4 is 227 Å². The number of hydrogen-bond acceptors (Lipinski definition) is 25. The number of aliphatic hydroxyl groups excluding tert-OH is 1. The van der Waals surface area contributed by atoms with Crippen molar-refractivity contribution in [3.05, 3.63) is 243 Å². The second-order valence-electron chi connectivity index (χ2n) is 33.7. The number of aliphatic hydroxyl groups is 1.